The van der Waals surface area contributed by atoms with E-state index in [-0.39, 0.29) is 11.3 Å². The van der Waals surface area contributed by atoms with Gasteiger partial charge < -0.3 is 9.64 Å². The van der Waals surface area contributed by atoms with Crippen molar-refractivity contribution < 1.29 is 9.53 Å². The number of benzene rings is 2. The first kappa shape index (κ1) is 18.0. The molecule has 3 aromatic rings. The predicted octanol–water partition coefficient (Wildman–Crippen LogP) is 4.61. The predicted molar refractivity (Wildman–Crippen MR) is 106 cm³/mol. The number of likely N-dealkylation sites (N-methyl/N-ethyl adjacent to an activating group) is 1. The van der Waals surface area contributed by atoms with Crippen molar-refractivity contribution in [3.8, 4) is 0 Å². The summed E-state index contributed by atoms with van der Waals surface area (Å²) in [7, 11) is 3.30. The molecule has 26 heavy (non-hydrogen) atoms. The maximum atomic E-state index is 11.5. The molecule has 0 radical (unpaired) electrons. The van der Waals surface area contributed by atoms with Crippen LogP contribution in [0.5, 0.6) is 0 Å². The van der Waals surface area contributed by atoms with Crippen LogP contribution in [0, 0.1) is 0 Å². The first-order valence-electron chi connectivity index (χ1n) is 8.22. The number of nitrogens with zero attached hydrogens (tertiary/aromatic N) is 2. The summed E-state index contributed by atoms with van der Waals surface area (Å²) in [5, 5.41) is 3.21. The molecule has 0 saturated heterocycles. The lowest BCUT2D eigenvalue weighted by Gasteiger charge is -2.23. The van der Waals surface area contributed by atoms with Crippen molar-refractivity contribution in [3.63, 3.8) is 0 Å². The molecular weight excluding hydrogens is 344 g/mol. The number of carbonyl (C=O) groups is 1. The number of para-hydroxylation sites is 1. The number of hydrogen-bond acceptors (Lipinski definition) is 5. The van der Waals surface area contributed by atoms with Crippen LogP contribution >= 0.6 is 11.8 Å². The molecule has 0 spiro atoms. The number of aromatic nitrogens is 1. The van der Waals surface area contributed by atoms with Crippen molar-refractivity contribution in [2.45, 2.75) is 5.37 Å². The van der Waals surface area contributed by atoms with E-state index in [0.717, 1.165) is 5.52 Å². The molecule has 0 N–H and O–H groups in total. The maximum Gasteiger partial charge on any atom is 0.354 e. The normalized spacial score (nSPS) is 15.8. The second kappa shape index (κ2) is 8.54. The summed E-state index contributed by atoms with van der Waals surface area (Å²) >= 11 is 1.62. The van der Waals surface area contributed by atoms with Crippen LogP contribution in [0.3, 0.4) is 0 Å². The molecular formula is C21H20N2O2S. The number of carbonyl (C=O) groups excluding carboxylic acids is 1. The SMILES string of the molecule is COC(=O)C1=CSC(c2ccccc2)N1C.c1ccc2ncccc2c1. The third-order valence-corrected chi connectivity index (χ3v) is 5.24. The van der Waals surface area contributed by atoms with E-state index in [0.29, 0.717) is 5.70 Å². The number of ether oxygens (including phenoxy) is 1. The molecule has 0 fully saturated rings. The van der Waals surface area contributed by atoms with Gasteiger partial charge in [0.15, 0.2) is 0 Å². The van der Waals surface area contributed by atoms with Crippen LogP contribution in [-0.4, -0.2) is 30.0 Å². The first-order chi connectivity index (χ1) is 12.7. The molecule has 4 nitrogen and oxygen atoms in total. The van der Waals surface area contributed by atoms with Crippen molar-refractivity contribution in [1.82, 2.24) is 9.88 Å². The van der Waals surface area contributed by atoms with Crippen LogP contribution in [0.1, 0.15) is 10.9 Å². The molecule has 0 saturated carbocycles. The Hall–Kier alpha value is -2.79. The third-order valence-electron chi connectivity index (χ3n) is 4.03. The fourth-order valence-corrected chi connectivity index (χ4v) is 3.79. The molecule has 2 heterocycles. The highest BCUT2D eigenvalue weighted by Gasteiger charge is 2.29. The van der Waals surface area contributed by atoms with Crippen LogP contribution in [-0.2, 0) is 9.53 Å². The van der Waals surface area contributed by atoms with Gasteiger partial charge in [-0.15, -0.1) is 11.8 Å². The monoisotopic (exact) mass is 364 g/mol. The van der Waals surface area contributed by atoms with Gasteiger partial charge in [0.2, 0.25) is 0 Å². The van der Waals surface area contributed by atoms with Crippen LogP contribution in [0.2, 0.25) is 0 Å². The molecule has 2 aromatic carbocycles. The molecule has 1 aliphatic heterocycles. The van der Waals surface area contributed by atoms with Crippen LogP contribution < -0.4 is 0 Å². The largest absolute Gasteiger partial charge is 0.464 e. The fourth-order valence-electron chi connectivity index (χ4n) is 2.66. The summed E-state index contributed by atoms with van der Waals surface area (Å²) < 4.78 is 4.73. The zero-order valence-corrected chi connectivity index (χ0v) is 15.5. The standard InChI is InChI=1S/C12H13NO2S.C9H7N/c1-13-10(12(14)15-2)8-16-11(13)9-6-4-3-5-7-9;1-2-6-9-8(4-1)5-3-7-10-9/h3-8,11H,1-2H3;1-7H. The number of hydrogen-bond donors (Lipinski definition) is 0. The van der Waals surface area contributed by atoms with Crippen molar-refractivity contribution >= 4 is 28.6 Å². The molecule has 0 bridgehead atoms. The van der Waals surface area contributed by atoms with Gasteiger partial charge in [-0.3, -0.25) is 4.98 Å². The van der Waals surface area contributed by atoms with E-state index >= 15 is 0 Å². The van der Waals surface area contributed by atoms with Crippen molar-refractivity contribution in [2.24, 2.45) is 0 Å². The Morgan fingerprint density at radius 3 is 2.46 bits per heavy atom. The highest BCUT2D eigenvalue weighted by atomic mass is 32.2. The minimum atomic E-state index is -0.284. The molecule has 5 heteroatoms. The van der Waals surface area contributed by atoms with Gasteiger partial charge in [0.25, 0.3) is 0 Å². The Morgan fingerprint density at radius 1 is 1.04 bits per heavy atom. The van der Waals surface area contributed by atoms with E-state index in [1.54, 1.807) is 11.8 Å². The zero-order chi connectivity index (χ0) is 18.4. The molecule has 1 atom stereocenters. The van der Waals surface area contributed by atoms with Gasteiger partial charge in [-0.25, -0.2) is 4.79 Å². The van der Waals surface area contributed by atoms with Gasteiger partial charge in [0.1, 0.15) is 11.1 Å². The Labute approximate surface area is 157 Å². The van der Waals surface area contributed by atoms with E-state index in [1.165, 1.54) is 18.1 Å². The molecule has 1 aromatic heterocycles. The lowest BCUT2D eigenvalue weighted by atomic mass is 10.2. The Balaban J connectivity index is 0.000000167. The minimum Gasteiger partial charge on any atom is -0.464 e. The average Bonchev–Trinajstić information content (AvgIpc) is 3.10. The second-order valence-corrected chi connectivity index (χ2v) is 6.66. The van der Waals surface area contributed by atoms with E-state index in [2.05, 4.69) is 29.2 Å². The van der Waals surface area contributed by atoms with Gasteiger partial charge in [-0.2, -0.15) is 0 Å². The molecule has 4 rings (SSSR count). The summed E-state index contributed by atoms with van der Waals surface area (Å²) in [6.45, 7) is 0. The Morgan fingerprint density at radius 2 is 1.73 bits per heavy atom. The number of methoxy groups -OCH3 is 1. The summed E-state index contributed by atoms with van der Waals surface area (Å²) in [6.07, 6.45) is 1.81. The number of fused-ring (bicyclic) bond motifs is 1. The summed E-state index contributed by atoms with van der Waals surface area (Å²) in [4.78, 5) is 17.6. The van der Waals surface area contributed by atoms with Gasteiger partial charge >= 0.3 is 5.97 Å². The van der Waals surface area contributed by atoms with Crippen molar-refractivity contribution in [2.75, 3.05) is 14.2 Å². The Bertz CT molecular complexity index is 847. The van der Waals surface area contributed by atoms with Crippen LogP contribution in [0.25, 0.3) is 10.9 Å². The van der Waals surface area contributed by atoms with Gasteiger partial charge in [-0.05, 0) is 17.7 Å². The lowest BCUT2D eigenvalue weighted by Crippen LogP contribution is -2.23. The lowest BCUT2D eigenvalue weighted by molar-refractivity contribution is -0.137. The maximum absolute atomic E-state index is 11.5. The topological polar surface area (TPSA) is 42.4 Å². The summed E-state index contributed by atoms with van der Waals surface area (Å²) in [6, 6.07) is 22.2. The number of esters is 1. The molecule has 1 unspecified atom stereocenters. The van der Waals surface area contributed by atoms with Crippen molar-refractivity contribution in [3.05, 3.63) is 89.6 Å². The van der Waals surface area contributed by atoms with Gasteiger partial charge in [0, 0.05) is 24.0 Å². The Kier molecular flexibility index (Phi) is 5.92. The quantitative estimate of drug-likeness (QED) is 0.621. The van der Waals surface area contributed by atoms with Gasteiger partial charge in [-0.1, -0.05) is 54.6 Å². The molecule has 0 aliphatic carbocycles. The van der Waals surface area contributed by atoms with E-state index in [1.807, 2.05) is 66.0 Å². The van der Waals surface area contributed by atoms with Crippen LogP contribution in [0.4, 0.5) is 0 Å². The average molecular weight is 364 g/mol. The van der Waals surface area contributed by atoms with E-state index in [4.69, 9.17) is 4.74 Å². The smallest absolute Gasteiger partial charge is 0.354 e. The van der Waals surface area contributed by atoms with Crippen LogP contribution in [0.15, 0.2) is 84.0 Å². The second-order valence-electron chi connectivity index (χ2n) is 5.70. The minimum absolute atomic E-state index is 0.162. The summed E-state index contributed by atoms with van der Waals surface area (Å²) in [5.74, 6) is -0.284. The first-order valence-corrected chi connectivity index (χ1v) is 9.16. The third kappa shape index (κ3) is 4.06. The van der Waals surface area contributed by atoms with Crippen molar-refractivity contribution in [1.29, 1.82) is 0 Å². The molecule has 1 aliphatic rings. The number of rotatable bonds is 2. The fraction of sp³-hybridized carbons (Fsp3) is 0.143. The zero-order valence-electron chi connectivity index (χ0n) is 14.7. The van der Waals surface area contributed by atoms with E-state index in [9.17, 15) is 4.79 Å². The number of thioether (sulfide) groups is 1. The van der Waals surface area contributed by atoms with Gasteiger partial charge in [0.05, 0.1) is 12.6 Å². The molecule has 0 amide bonds. The highest BCUT2D eigenvalue weighted by molar-refractivity contribution is 8.02. The summed E-state index contributed by atoms with van der Waals surface area (Å²) in [5.41, 5.74) is 2.86. The number of pyridine rings is 1. The van der Waals surface area contributed by atoms with E-state index < -0.39 is 0 Å². The highest BCUT2D eigenvalue weighted by Crippen LogP contribution is 2.41. The molecule has 132 valence electrons.